The molecule has 0 bridgehead atoms. The van der Waals surface area contributed by atoms with E-state index in [1.165, 1.54) is 77.3 Å². The second-order valence-corrected chi connectivity index (χ2v) is 6.04. The highest BCUT2D eigenvalue weighted by Gasteiger charge is 1.96. The van der Waals surface area contributed by atoms with Gasteiger partial charge in [0.25, 0.3) is 0 Å². The van der Waals surface area contributed by atoms with Crippen molar-refractivity contribution in [1.29, 1.82) is 0 Å². The van der Waals surface area contributed by atoms with Crippen molar-refractivity contribution in [2.24, 2.45) is 0 Å². The second kappa shape index (κ2) is 18.4. The van der Waals surface area contributed by atoms with Gasteiger partial charge in [0, 0.05) is 6.61 Å². The summed E-state index contributed by atoms with van der Waals surface area (Å²) in [6, 6.07) is 0. The lowest BCUT2D eigenvalue weighted by Gasteiger charge is -2.05. The van der Waals surface area contributed by atoms with Gasteiger partial charge in [-0.1, -0.05) is 58.3 Å². The van der Waals surface area contributed by atoms with E-state index in [2.05, 4.69) is 12.2 Å². The van der Waals surface area contributed by atoms with Gasteiger partial charge < -0.3 is 15.2 Å². The van der Waals surface area contributed by atoms with Gasteiger partial charge in [-0.2, -0.15) is 0 Å². The van der Waals surface area contributed by atoms with Gasteiger partial charge in [0.2, 0.25) is 0 Å². The molecule has 4 heteroatoms. The molecule has 2 N–H and O–H groups in total. The highest BCUT2D eigenvalue weighted by molar-refractivity contribution is 5.66. The van der Waals surface area contributed by atoms with Crippen molar-refractivity contribution in [3.8, 4) is 0 Å². The molecule has 0 fully saturated rings. The normalized spacial score (nSPS) is 11.0. The van der Waals surface area contributed by atoms with E-state index >= 15 is 0 Å². The SMILES string of the molecule is CCCCNCCCCCCCCCCCOCCC(=O)O. The Balaban J connectivity index is 2.95. The van der Waals surface area contributed by atoms with Gasteiger partial charge in [-0.05, 0) is 32.4 Å². The molecule has 0 heterocycles. The van der Waals surface area contributed by atoms with Crippen molar-refractivity contribution < 1.29 is 14.6 Å². The number of nitrogens with one attached hydrogen (secondary N) is 1. The number of unbranched alkanes of at least 4 members (excludes halogenated alkanes) is 9. The van der Waals surface area contributed by atoms with E-state index in [0.717, 1.165) is 6.42 Å². The van der Waals surface area contributed by atoms with Crippen LogP contribution in [0.5, 0.6) is 0 Å². The van der Waals surface area contributed by atoms with Crippen LogP contribution in [0.15, 0.2) is 0 Å². The number of hydrogen-bond donors (Lipinski definition) is 2. The largest absolute Gasteiger partial charge is 0.481 e. The highest BCUT2D eigenvalue weighted by Crippen LogP contribution is 2.09. The van der Waals surface area contributed by atoms with Crippen LogP contribution >= 0.6 is 0 Å². The second-order valence-electron chi connectivity index (χ2n) is 6.04. The number of carboxylic acid groups (broad SMARTS) is 1. The standard InChI is InChI=1S/C18H37NO3/c1-2-3-14-19-15-11-9-7-5-4-6-8-10-12-16-22-17-13-18(20)21/h19H,2-17H2,1H3,(H,20,21). The van der Waals surface area contributed by atoms with Crippen molar-refractivity contribution in [2.75, 3.05) is 26.3 Å². The van der Waals surface area contributed by atoms with Crippen LogP contribution in [-0.2, 0) is 9.53 Å². The minimum atomic E-state index is -0.781. The Morgan fingerprint density at radius 3 is 1.95 bits per heavy atom. The van der Waals surface area contributed by atoms with Crippen molar-refractivity contribution in [2.45, 2.75) is 84.0 Å². The molecule has 0 aromatic rings. The van der Waals surface area contributed by atoms with Crippen LogP contribution in [0.3, 0.4) is 0 Å². The molecule has 0 saturated heterocycles. The van der Waals surface area contributed by atoms with Gasteiger partial charge in [-0.25, -0.2) is 0 Å². The van der Waals surface area contributed by atoms with Crippen molar-refractivity contribution >= 4 is 5.97 Å². The van der Waals surface area contributed by atoms with Crippen LogP contribution in [-0.4, -0.2) is 37.4 Å². The maximum atomic E-state index is 10.3. The van der Waals surface area contributed by atoms with Crippen molar-refractivity contribution in [3.05, 3.63) is 0 Å². The highest BCUT2D eigenvalue weighted by atomic mass is 16.5. The van der Waals surface area contributed by atoms with Crippen LogP contribution in [0.2, 0.25) is 0 Å². The molecule has 0 aromatic heterocycles. The molecule has 0 atom stereocenters. The molecule has 4 nitrogen and oxygen atoms in total. The van der Waals surface area contributed by atoms with Gasteiger partial charge in [0.15, 0.2) is 0 Å². The summed E-state index contributed by atoms with van der Waals surface area (Å²) < 4.78 is 5.26. The third-order valence-electron chi connectivity index (χ3n) is 3.81. The minimum Gasteiger partial charge on any atom is -0.481 e. The Bertz CT molecular complexity index is 234. The van der Waals surface area contributed by atoms with E-state index in [1.54, 1.807) is 0 Å². The van der Waals surface area contributed by atoms with Gasteiger partial charge in [0.05, 0.1) is 13.0 Å². The first-order chi connectivity index (χ1) is 10.8. The molecule has 0 aliphatic heterocycles. The number of carboxylic acids is 1. The van der Waals surface area contributed by atoms with Crippen molar-refractivity contribution in [3.63, 3.8) is 0 Å². The van der Waals surface area contributed by atoms with Crippen LogP contribution in [0, 0.1) is 0 Å². The van der Waals surface area contributed by atoms with Crippen LogP contribution in [0.25, 0.3) is 0 Å². The van der Waals surface area contributed by atoms with E-state index in [1.807, 2.05) is 0 Å². The number of aliphatic carboxylic acids is 1. The quantitative estimate of drug-likeness (QED) is 0.369. The fourth-order valence-electron chi connectivity index (χ4n) is 2.38. The molecular weight excluding hydrogens is 278 g/mol. The van der Waals surface area contributed by atoms with E-state index in [9.17, 15) is 4.79 Å². The Labute approximate surface area is 137 Å². The Hall–Kier alpha value is -0.610. The number of rotatable bonds is 18. The predicted octanol–water partition coefficient (Wildman–Crippen LogP) is 4.38. The predicted molar refractivity (Wildman–Crippen MR) is 92.4 cm³/mol. The van der Waals surface area contributed by atoms with Crippen LogP contribution in [0.4, 0.5) is 0 Å². The van der Waals surface area contributed by atoms with E-state index in [0.29, 0.717) is 13.2 Å². The smallest absolute Gasteiger partial charge is 0.305 e. The number of hydrogen-bond acceptors (Lipinski definition) is 3. The molecule has 132 valence electrons. The summed E-state index contributed by atoms with van der Waals surface area (Å²) in [5.74, 6) is -0.781. The monoisotopic (exact) mass is 315 g/mol. The zero-order valence-electron chi connectivity index (χ0n) is 14.6. The zero-order valence-corrected chi connectivity index (χ0v) is 14.6. The minimum absolute atomic E-state index is 0.119. The van der Waals surface area contributed by atoms with Crippen LogP contribution in [0.1, 0.15) is 84.0 Å². The van der Waals surface area contributed by atoms with Gasteiger partial charge in [-0.15, -0.1) is 0 Å². The average molecular weight is 315 g/mol. The Morgan fingerprint density at radius 2 is 1.36 bits per heavy atom. The molecule has 0 aliphatic rings. The summed E-state index contributed by atoms with van der Waals surface area (Å²) in [5.41, 5.74) is 0. The molecular formula is C18H37NO3. The van der Waals surface area contributed by atoms with Gasteiger partial charge in [0.1, 0.15) is 0 Å². The van der Waals surface area contributed by atoms with E-state index in [-0.39, 0.29) is 6.42 Å². The molecule has 0 radical (unpaired) electrons. The molecule has 22 heavy (non-hydrogen) atoms. The topological polar surface area (TPSA) is 58.6 Å². The molecule has 0 spiro atoms. The molecule has 0 unspecified atom stereocenters. The van der Waals surface area contributed by atoms with Crippen molar-refractivity contribution in [1.82, 2.24) is 5.32 Å². The molecule has 0 aromatic carbocycles. The molecule has 0 aliphatic carbocycles. The number of carbonyl (C=O) groups is 1. The lowest BCUT2D eigenvalue weighted by Crippen LogP contribution is -2.16. The summed E-state index contributed by atoms with van der Waals surface area (Å²) in [5, 5.41) is 11.9. The lowest BCUT2D eigenvalue weighted by molar-refractivity contribution is -0.138. The van der Waals surface area contributed by atoms with Crippen LogP contribution < -0.4 is 5.32 Å². The first-order valence-electron chi connectivity index (χ1n) is 9.27. The van der Waals surface area contributed by atoms with E-state index in [4.69, 9.17) is 9.84 Å². The fourth-order valence-corrected chi connectivity index (χ4v) is 2.38. The molecule has 0 amide bonds. The first kappa shape index (κ1) is 21.4. The Morgan fingerprint density at radius 1 is 0.818 bits per heavy atom. The zero-order chi connectivity index (χ0) is 16.3. The third-order valence-corrected chi connectivity index (χ3v) is 3.81. The third kappa shape index (κ3) is 19.4. The maximum Gasteiger partial charge on any atom is 0.305 e. The van der Waals surface area contributed by atoms with Gasteiger partial charge in [-0.3, -0.25) is 4.79 Å². The van der Waals surface area contributed by atoms with E-state index < -0.39 is 5.97 Å². The maximum absolute atomic E-state index is 10.3. The lowest BCUT2D eigenvalue weighted by atomic mass is 10.1. The molecule has 0 rings (SSSR count). The number of ether oxygens (including phenoxy) is 1. The summed E-state index contributed by atoms with van der Waals surface area (Å²) in [4.78, 5) is 10.3. The fraction of sp³-hybridized carbons (Fsp3) is 0.944. The summed E-state index contributed by atoms with van der Waals surface area (Å²) >= 11 is 0. The Kier molecular flexibility index (Phi) is 17.9. The summed E-state index contributed by atoms with van der Waals surface area (Å²) in [7, 11) is 0. The summed E-state index contributed by atoms with van der Waals surface area (Å²) in [6.07, 6.45) is 14.3. The average Bonchev–Trinajstić information content (AvgIpc) is 2.50. The van der Waals surface area contributed by atoms with Gasteiger partial charge >= 0.3 is 5.97 Å². The molecule has 0 saturated carbocycles. The summed E-state index contributed by atoms with van der Waals surface area (Å²) in [6.45, 7) is 5.65. The first-order valence-corrected chi connectivity index (χ1v) is 9.27.